The van der Waals surface area contributed by atoms with Crippen LogP contribution in [-0.4, -0.2) is 31.6 Å². The number of rotatable bonds is 9. The van der Waals surface area contributed by atoms with Gasteiger partial charge >= 0.3 is 10.1 Å². The third-order valence-electron chi connectivity index (χ3n) is 4.39. The Morgan fingerprint density at radius 2 is 1.67 bits per heavy atom. The Bertz CT molecular complexity index is 958. The molecule has 0 aliphatic carbocycles. The molecule has 0 unspecified atom stereocenters. The van der Waals surface area contributed by atoms with Crippen molar-refractivity contribution in [3.05, 3.63) is 59.9 Å². The molecule has 0 bridgehead atoms. The lowest BCUT2D eigenvalue weighted by Crippen LogP contribution is -2.43. The summed E-state index contributed by atoms with van der Waals surface area (Å²) in [7, 11) is -4.06. The number of nitrogens with zero attached hydrogens (tertiary/aromatic N) is 1. The number of amides is 1. The van der Waals surface area contributed by atoms with Gasteiger partial charge in [0.2, 0.25) is 5.91 Å². The molecule has 2 aromatic rings. The zero-order chi connectivity index (χ0) is 22.5. The molecule has 0 aliphatic rings. The van der Waals surface area contributed by atoms with Crippen LogP contribution in [0.3, 0.4) is 0 Å². The Morgan fingerprint density at radius 3 is 2.17 bits per heavy atom. The van der Waals surface area contributed by atoms with Gasteiger partial charge in [-0.2, -0.15) is 8.42 Å². The van der Waals surface area contributed by atoms with Crippen LogP contribution in [0.1, 0.15) is 33.3 Å². The highest BCUT2D eigenvalue weighted by Crippen LogP contribution is 2.24. The molecule has 0 atom stereocenters. The second-order valence-electron chi connectivity index (χ2n) is 8.23. The zero-order valence-electron chi connectivity index (χ0n) is 17.6. The van der Waals surface area contributed by atoms with E-state index in [2.05, 4.69) is 0 Å². The van der Waals surface area contributed by atoms with Crippen LogP contribution in [0.5, 0.6) is 5.75 Å². The Morgan fingerprint density at radius 1 is 1.10 bits per heavy atom. The maximum Gasteiger partial charge on any atom is 0.339 e. The normalized spacial score (nSPS) is 12.1. The third kappa shape index (κ3) is 6.44. The van der Waals surface area contributed by atoms with Crippen molar-refractivity contribution in [2.24, 2.45) is 11.3 Å². The number of benzene rings is 2. The minimum atomic E-state index is -4.06. The second-order valence-corrected chi connectivity index (χ2v) is 10.0. The van der Waals surface area contributed by atoms with Crippen molar-refractivity contribution in [2.75, 3.05) is 12.4 Å². The summed E-state index contributed by atoms with van der Waals surface area (Å²) in [5.74, 6) is 0.0602. The first-order chi connectivity index (χ1) is 13.9. The average Bonchev–Trinajstić information content (AvgIpc) is 2.68. The van der Waals surface area contributed by atoms with Crippen LogP contribution in [0.15, 0.2) is 53.4 Å². The molecule has 0 saturated heterocycles. The summed E-state index contributed by atoms with van der Waals surface area (Å²) in [5, 5.41) is 0. The fraction of sp³-hybridized carbons (Fsp3) is 0.409. The van der Waals surface area contributed by atoms with E-state index in [0.29, 0.717) is 13.1 Å². The first kappa shape index (κ1) is 24.2. The minimum Gasteiger partial charge on any atom is -0.379 e. The van der Waals surface area contributed by atoms with Gasteiger partial charge in [0.1, 0.15) is 16.5 Å². The number of halogens is 2. The van der Waals surface area contributed by atoms with Crippen LogP contribution in [0.25, 0.3) is 0 Å². The van der Waals surface area contributed by atoms with Crippen molar-refractivity contribution in [1.29, 1.82) is 0 Å². The second kappa shape index (κ2) is 9.79. The van der Waals surface area contributed by atoms with E-state index >= 15 is 0 Å². The van der Waals surface area contributed by atoms with Crippen LogP contribution >= 0.6 is 11.6 Å². The van der Waals surface area contributed by atoms with E-state index < -0.39 is 21.4 Å². The molecule has 5 nitrogen and oxygen atoms in total. The fourth-order valence-electron chi connectivity index (χ4n) is 2.79. The highest BCUT2D eigenvalue weighted by Gasteiger charge is 2.31. The van der Waals surface area contributed by atoms with Gasteiger partial charge in [0.05, 0.1) is 5.41 Å². The lowest BCUT2D eigenvalue weighted by Gasteiger charge is -2.32. The molecule has 0 aromatic heterocycles. The van der Waals surface area contributed by atoms with Crippen LogP contribution < -0.4 is 4.18 Å². The van der Waals surface area contributed by atoms with E-state index in [1.165, 1.54) is 12.1 Å². The molecule has 30 heavy (non-hydrogen) atoms. The molecule has 1 amide bonds. The SMILES string of the molecule is CC(C)CN(Cc1ccc(OS(=O)(=O)c2ccc(F)cc2)cc1)C(=O)C(C)(C)CCl. The summed E-state index contributed by atoms with van der Waals surface area (Å²) >= 11 is 5.97. The summed E-state index contributed by atoms with van der Waals surface area (Å²) in [4.78, 5) is 14.5. The molecule has 0 heterocycles. The summed E-state index contributed by atoms with van der Waals surface area (Å²) < 4.78 is 42.8. The van der Waals surface area contributed by atoms with Crippen molar-refractivity contribution in [3.8, 4) is 5.75 Å². The summed E-state index contributed by atoms with van der Waals surface area (Å²) in [6.45, 7) is 8.65. The maximum atomic E-state index is 13.0. The molecule has 0 fully saturated rings. The molecule has 164 valence electrons. The summed E-state index contributed by atoms with van der Waals surface area (Å²) in [5.41, 5.74) is 0.156. The van der Waals surface area contributed by atoms with Gasteiger partial charge < -0.3 is 9.08 Å². The number of hydrogen-bond donors (Lipinski definition) is 0. The van der Waals surface area contributed by atoms with E-state index in [4.69, 9.17) is 15.8 Å². The van der Waals surface area contributed by atoms with Crippen molar-refractivity contribution >= 4 is 27.6 Å². The lowest BCUT2D eigenvalue weighted by molar-refractivity contribution is -0.140. The molecular weight excluding hydrogens is 429 g/mol. The Hall–Kier alpha value is -2.12. The van der Waals surface area contributed by atoms with E-state index in [1.54, 1.807) is 17.0 Å². The maximum absolute atomic E-state index is 13.0. The van der Waals surface area contributed by atoms with E-state index in [9.17, 15) is 17.6 Å². The number of alkyl halides is 1. The number of carbonyl (C=O) groups excluding carboxylic acids is 1. The third-order valence-corrected chi connectivity index (χ3v) is 6.32. The minimum absolute atomic E-state index is 0.0367. The molecule has 0 spiro atoms. The van der Waals surface area contributed by atoms with Gasteiger partial charge in [0.25, 0.3) is 0 Å². The van der Waals surface area contributed by atoms with Gasteiger partial charge in [-0.3, -0.25) is 4.79 Å². The molecule has 0 saturated carbocycles. The van der Waals surface area contributed by atoms with E-state index in [1.807, 2.05) is 27.7 Å². The van der Waals surface area contributed by atoms with Crippen molar-refractivity contribution in [1.82, 2.24) is 4.90 Å². The van der Waals surface area contributed by atoms with Crippen LogP contribution in [-0.2, 0) is 21.5 Å². The van der Waals surface area contributed by atoms with Gasteiger partial charge in [-0.1, -0.05) is 26.0 Å². The highest BCUT2D eigenvalue weighted by atomic mass is 35.5. The molecule has 2 rings (SSSR count). The molecular formula is C22H27ClFNO4S. The van der Waals surface area contributed by atoms with Gasteiger partial charge in [-0.15, -0.1) is 11.6 Å². The van der Waals surface area contributed by atoms with Gasteiger partial charge in [0, 0.05) is 19.0 Å². The van der Waals surface area contributed by atoms with Crippen LogP contribution in [0, 0.1) is 17.2 Å². The zero-order valence-corrected chi connectivity index (χ0v) is 19.1. The average molecular weight is 456 g/mol. The van der Waals surface area contributed by atoms with Crippen molar-refractivity contribution < 1.29 is 21.8 Å². The van der Waals surface area contributed by atoms with Gasteiger partial charge in [0.15, 0.2) is 0 Å². The molecule has 0 aliphatic heterocycles. The molecule has 0 radical (unpaired) electrons. The fourth-order valence-corrected chi connectivity index (χ4v) is 3.84. The molecule has 0 N–H and O–H groups in total. The first-order valence-corrected chi connectivity index (χ1v) is 11.5. The monoisotopic (exact) mass is 455 g/mol. The lowest BCUT2D eigenvalue weighted by atomic mass is 9.93. The summed E-state index contributed by atoms with van der Waals surface area (Å²) in [6.07, 6.45) is 0. The Balaban J connectivity index is 2.15. The van der Waals surface area contributed by atoms with Crippen molar-refractivity contribution in [3.63, 3.8) is 0 Å². The number of hydrogen-bond acceptors (Lipinski definition) is 4. The summed E-state index contributed by atoms with van der Waals surface area (Å²) in [6, 6.07) is 10.9. The number of carbonyl (C=O) groups is 1. The quantitative estimate of drug-likeness (QED) is 0.400. The topological polar surface area (TPSA) is 63.7 Å². The van der Waals surface area contributed by atoms with E-state index in [0.717, 1.165) is 29.8 Å². The smallest absolute Gasteiger partial charge is 0.339 e. The Labute approximate surface area is 182 Å². The van der Waals surface area contributed by atoms with E-state index in [-0.39, 0.29) is 28.4 Å². The highest BCUT2D eigenvalue weighted by molar-refractivity contribution is 7.87. The Kier molecular flexibility index (Phi) is 7.88. The molecule has 8 heteroatoms. The predicted octanol–water partition coefficient (Wildman–Crippen LogP) is 4.84. The largest absolute Gasteiger partial charge is 0.379 e. The molecule has 2 aromatic carbocycles. The van der Waals surface area contributed by atoms with Crippen LogP contribution in [0.2, 0.25) is 0 Å². The van der Waals surface area contributed by atoms with Gasteiger partial charge in [-0.25, -0.2) is 4.39 Å². The van der Waals surface area contributed by atoms with Gasteiger partial charge in [-0.05, 0) is 61.7 Å². The van der Waals surface area contributed by atoms with Crippen LogP contribution in [0.4, 0.5) is 4.39 Å². The standard InChI is InChI=1S/C22H27ClFNO4S/c1-16(2)13-25(21(26)22(3,4)15-23)14-17-5-9-19(10-6-17)29-30(27,28)20-11-7-18(24)8-12-20/h5-12,16H,13-15H2,1-4H3. The first-order valence-electron chi connectivity index (χ1n) is 9.59. The van der Waals surface area contributed by atoms with Crippen molar-refractivity contribution in [2.45, 2.75) is 39.1 Å². The predicted molar refractivity (Wildman–Crippen MR) is 115 cm³/mol.